The summed E-state index contributed by atoms with van der Waals surface area (Å²) in [5, 5.41) is 13.2. The van der Waals surface area contributed by atoms with E-state index >= 15 is 0 Å². The Bertz CT molecular complexity index is 232. The van der Waals surface area contributed by atoms with E-state index in [2.05, 4.69) is 19.2 Å². The highest BCUT2D eigenvalue weighted by atomic mass is 16.5. The van der Waals surface area contributed by atoms with E-state index in [-0.39, 0.29) is 0 Å². The molecule has 1 rings (SSSR count). The highest BCUT2D eigenvalue weighted by molar-refractivity contribution is 4.68. The van der Waals surface area contributed by atoms with Crippen molar-refractivity contribution in [1.82, 2.24) is 5.32 Å². The van der Waals surface area contributed by atoms with Crippen molar-refractivity contribution < 1.29 is 14.6 Å². The van der Waals surface area contributed by atoms with Crippen LogP contribution in [0.25, 0.3) is 0 Å². The van der Waals surface area contributed by atoms with Gasteiger partial charge in [-0.3, -0.25) is 0 Å². The van der Waals surface area contributed by atoms with Crippen molar-refractivity contribution in [2.24, 2.45) is 5.92 Å². The number of nitrogens with one attached hydrogen (secondary N) is 1. The summed E-state index contributed by atoms with van der Waals surface area (Å²) >= 11 is 0. The van der Waals surface area contributed by atoms with E-state index in [0.717, 1.165) is 32.6 Å². The average Bonchev–Trinajstić information content (AvgIpc) is 2.51. The number of unbranched alkanes of at least 4 members (excludes halogenated alkanes) is 1. The van der Waals surface area contributed by atoms with Crippen molar-refractivity contribution in [3.63, 3.8) is 0 Å². The number of ether oxygens (including phenoxy) is 2. The summed E-state index contributed by atoms with van der Waals surface area (Å²) in [5.41, 5.74) is 0. The molecule has 0 aromatic heterocycles. The first-order valence-electron chi connectivity index (χ1n) is 8.84. The zero-order chi connectivity index (χ0) is 15.3. The molecule has 0 aliphatic carbocycles. The lowest BCUT2D eigenvalue weighted by atomic mass is 10.0. The summed E-state index contributed by atoms with van der Waals surface area (Å²) in [6.45, 7) is 7.95. The van der Waals surface area contributed by atoms with Crippen LogP contribution in [0.1, 0.15) is 58.8 Å². The molecular formula is C17H35NO3. The van der Waals surface area contributed by atoms with Crippen LogP contribution in [0.3, 0.4) is 0 Å². The lowest BCUT2D eigenvalue weighted by Gasteiger charge is -2.23. The van der Waals surface area contributed by atoms with E-state index in [9.17, 15) is 5.11 Å². The highest BCUT2D eigenvalue weighted by Crippen LogP contribution is 2.13. The molecule has 126 valence electrons. The Morgan fingerprint density at radius 2 is 2.14 bits per heavy atom. The van der Waals surface area contributed by atoms with Gasteiger partial charge < -0.3 is 19.9 Å². The first kappa shape index (κ1) is 18.9. The maximum absolute atomic E-state index is 9.91. The normalized spacial score (nSPS) is 22.1. The summed E-state index contributed by atoms with van der Waals surface area (Å²) in [7, 11) is 0. The first-order valence-corrected chi connectivity index (χ1v) is 8.84. The third-order valence-corrected chi connectivity index (χ3v) is 4.23. The molecule has 0 saturated carbocycles. The van der Waals surface area contributed by atoms with Crippen molar-refractivity contribution in [3.05, 3.63) is 0 Å². The van der Waals surface area contributed by atoms with Crippen molar-refractivity contribution in [2.45, 2.75) is 71.0 Å². The van der Waals surface area contributed by atoms with Gasteiger partial charge in [0.05, 0.1) is 18.8 Å². The number of hydrogen-bond acceptors (Lipinski definition) is 4. The van der Waals surface area contributed by atoms with E-state index in [1.54, 1.807) is 0 Å². The van der Waals surface area contributed by atoms with Gasteiger partial charge in [-0.2, -0.15) is 0 Å². The summed E-state index contributed by atoms with van der Waals surface area (Å²) < 4.78 is 11.3. The molecule has 0 radical (unpaired) electrons. The fourth-order valence-electron chi connectivity index (χ4n) is 2.71. The van der Waals surface area contributed by atoms with E-state index in [1.165, 1.54) is 32.1 Å². The third-order valence-electron chi connectivity index (χ3n) is 4.23. The smallest absolute Gasteiger partial charge is 0.0897 e. The summed E-state index contributed by atoms with van der Waals surface area (Å²) in [4.78, 5) is 0. The summed E-state index contributed by atoms with van der Waals surface area (Å²) in [6.07, 6.45) is 8.39. The molecule has 0 amide bonds. The minimum absolute atomic E-state index is 0.324. The predicted molar refractivity (Wildman–Crippen MR) is 86.6 cm³/mol. The van der Waals surface area contributed by atoms with Crippen LogP contribution in [0.2, 0.25) is 0 Å². The average molecular weight is 301 g/mol. The van der Waals surface area contributed by atoms with Gasteiger partial charge in [-0.25, -0.2) is 0 Å². The Kier molecular flexibility index (Phi) is 11.1. The molecule has 3 unspecified atom stereocenters. The number of rotatable bonds is 12. The largest absolute Gasteiger partial charge is 0.389 e. The lowest BCUT2D eigenvalue weighted by molar-refractivity contribution is 0.00482. The van der Waals surface area contributed by atoms with Crippen LogP contribution in [0, 0.1) is 5.92 Å². The predicted octanol–water partition coefficient (Wildman–Crippen LogP) is 2.74. The Hall–Kier alpha value is -0.160. The zero-order valence-electron chi connectivity index (χ0n) is 14.0. The second-order valence-corrected chi connectivity index (χ2v) is 6.25. The van der Waals surface area contributed by atoms with Gasteiger partial charge >= 0.3 is 0 Å². The molecule has 0 aromatic carbocycles. The van der Waals surface area contributed by atoms with Crippen LogP contribution in [-0.2, 0) is 9.47 Å². The van der Waals surface area contributed by atoms with Crippen LogP contribution < -0.4 is 5.32 Å². The summed E-state index contributed by atoms with van der Waals surface area (Å²) in [5.74, 6) is 0.640. The van der Waals surface area contributed by atoms with Crippen molar-refractivity contribution in [2.75, 3.05) is 32.9 Å². The molecular weight excluding hydrogens is 266 g/mol. The van der Waals surface area contributed by atoms with Crippen LogP contribution >= 0.6 is 0 Å². The molecule has 1 heterocycles. The van der Waals surface area contributed by atoms with Crippen LogP contribution in [0.4, 0.5) is 0 Å². The van der Waals surface area contributed by atoms with E-state index in [0.29, 0.717) is 25.2 Å². The molecule has 2 N–H and O–H groups in total. The van der Waals surface area contributed by atoms with Gasteiger partial charge in [-0.15, -0.1) is 0 Å². The zero-order valence-corrected chi connectivity index (χ0v) is 14.0. The molecule has 1 aliphatic heterocycles. The molecule has 1 aliphatic rings. The van der Waals surface area contributed by atoms with Crippen LogP contribution in [0.15, 0.2) is 0 Å². The Morgan fingerprint density at radius 1 is 1.29 bits per heavy atom. The molecule has 0 bridgehead atoms. The van der Waals surface area contributed by atoms with Crippen LogP contribution in [0.5, 0.6) is 0 Å². The van der Waals surface area contributed by atoms with Gasteiger partial charge in [0.25, 0.3) is 0 Å². The number of aliphatic hydroxyl groups excluding tert-OH is 1. The first-order chi connectivity index (χ1) is 10.3. The molecule has 1 saturated heterocycles. The standard InChI is InChI=1S/C17H35NO3/c1-3-5-8-15(4-2)13-20-14-16(19)11-18-12-17-9-6-7-10-21-17/h15-19H,3-14H2,1-2H3. The lowest BCUT2D eigenvalue weighted by Crippen LogP contribution is -2.37. The Morgan fingerprint density at radius 3 is 2.81 bits per heavy atom. The fourth-order valence-corrected chi connectivity index (χ4v) is 2.71. The molecule has 0 aromatic rings. The van der Waals surface area contributed by atoms with Crippen molar-refractivity contribution in [3.8, 4) is 0 Å². The van der Waals surface area contributed by atoms with Gasteiger partial charge in [-0.05, 0) is 31.6 Å². The molecule has 0 spiro atoms. The SMILES string of the molecule is CCCCC(CC)COCC(O)CNCC1CCCCO1. The molecule has 1 fully saturated rings. The van der Waals surface area contributed by atoms with E-state index in [1.807, 2.05) is 0 Å². The van der Waals surface area contributed by atoms with Gasteiger partial charge in [0.15, 0.2) is 0 Å². The quantitative estimate of drug-likeness (QED) is 0.582. The minimum atomic E-state index is -0.419. The number of aliphatic hydroxyl groups is 1. The second-order valence-electron chi connectivity index (χ2n) is 6.25. The van der Waals surface area contributed by atoms with Crippen molar-refractivity contribution >= 4 is 0 Å². The maximum atomic E-state index is 9.91. The van der Waals surface area contributed by atoms with Gasteiger partial charge in [-0.1, -0.05) is 33.1 Å². The third kappa shape index (κ3) is 9.46. The van der Waals surface area contributed by atoms with Gasteiger partial charge in [0.1, 0.15) is 0 Å². The van der Waals surface area contributed by atoms with Crippen LogP contribution in [-0.4, -0.2) is 50.2 Å². The molecule has 21 heavy (non-hydrogen) atoms. The molecule has 4 nitrogen and oxygen atoms in total. The highest BCUT2D eigenvalue weighted by Gasteiger charge is 2.14. The summed E-state index contributed by atoms with van der Waals surface area (Å²) in [6, 6.07) is 0. The van der Waals surface area contributed by atoms with Crippen molar-refractivity contribution in [1.29, 1.82) is 0 Å². The minimum Gasteiger partial charge on any atom is -0.389 e. The van der Waals surface area contributed by atoms with Gasteiger partial charge in [0.2, 0.25) is 0 Å². The van der Waals surface area contributed by atoms with E-state index in [4.69, 9.17) is 9.47 Å². The fraction of sp³-hybridized carbons (Fsp3) is 1.00. The Balaban J connectivity index is 1.98. The second kappa shape index (κ2) is 12.4. The molecule has 4 heteroatoms. The van der Waals surface area contributed by atoms with Gasteiger partial charge in [0, 0.05) is 26.3 Å². The maximum Gasteiger partial charge on any atom is 0.0897 e. The monoisotopic (exact) mass is 301 g/mol. The van der Waals surface area contributed by atoms with E-state index < -0.39 is 6.10 Å². The Labute approximate surface area is 130 Å². The topological polar surface area (TPSA) is 50.7 Å². The molecule has 3 atom stereocenters. The number of hydrogen-bond donors (Lipinski definition) is 2.